The Morgan fingerprint density at radius 2 is 2.04 bits per heavy atom. The summed E-state index contributed by atoms with van der Waals surface area (Å²) in [6.07, 6.45) is 1.43. The van der Waals surface area contributed by atoms with Crippen molar-refractivity contribution in [1.82, 2.24) is 10.2 Å². The van der Waals surface area contributed by atoms with Crippen LogP contribution in [0.15, 0.2) is 33.7 Å². The fourth-order valence-corrected chi connectivity index (χ4v) is 2.77. The first-order valence-electron chi connectivity index (χ1n) is 8.22. The monoisotopic (exact) mass is 383 g/mol. The van der Waals surface area contributed by atoms with Crippen LogP contribution in [0.1, 0.15) is 26.7 Å². The van der Waals surface area contributed by atoms with E-state index in [1.165, 1.54) is 0 Å². The molecule has 128 valence electrons. The number of ether oxygens (including phenoxy) is 1. The highest BCUT2D eigenvalue weighted by Crippen LogP contribution is 2.17. The van der Waals surface area contributed by atoms with Crippen LogP contribution in [0.3, 0.4) is 0 Å². The average molecular weight is 384 g/mol. The van der Waals surface area contributed by atoms with Crippen LogP contribution in [0.4, 0.5) is 0 Å². The summed E-state index contributed by atoms with van der Waals surface area (Å²) >= 11 is 3.42. The number of halogens is 1. The molecule has 1 aromatic carbocycles. The maximum Gasteiger partial charge on any atom is 0.194 e. The molecule has 0 bridgehead atoms. The summed E-state index contributed by atoms with van der Waals surface area (Å²) in [6.45, 7) is 7.20. The Morgan fingerprint density at radius 1 is 1.39 bits per heavy atom. The zero-order valence-electron chi connectivity index (χ0n) is 13.8. The summed E-state index contributed by atoms with van der Waals surface area (Å²) in [5, 5.41) is 13.0. The molecule has 23 heavy (non-hydrogen) atoms. The van der Waals surface area contributed by atoms with Gasteiger partial charge in [-0.2, -0.15) is 0 Å². The van der Waals surface area contributed by atoms with E-state index in [4.69, 9.17) is 9.73 Å². The van der Waals surface area contributed by atoms with Gasteiger partial charge in [0.2, 0.25) is 0 Å². The van der Waals surface area contributed by atoms with E-state index in [1.54, 1.807) is 0 Å². The minimum absolute atomic E-state index is 0.000197. The van der Waals surface area contributed by atoms with Gasteiger partial charge in [0, 0.05) is 24.1 Å². The van der Waals surface area contributed by atoms with Gasteiger partial charge < -0.3 is 20.1 Å². The van der Waals surface area contributed by atoms with Crippen molar-refractivity contribution in [3.05, 3.63) is 28.7 Å². The number of likely N-dealkylation sites (tertiary alicyclic amines) is 1. The first-order chi connectivity index (χ1) is 11.1. The molecule has 1 aromatic rings. The smallest absolute Gasteiger partial charge is 0.194 e. The molecule has 0 spiro atoms. The lowest BCUT2D eigenvalue weighted by Gasteiger charge is -2.32. The molecule has 2 rings (SSSR count). The van der Waals surface area contributed by atoms with Crippen molar-refractivity contribution >= 4 is 21.9 Å². The number of hydrogen-bond acceptors (Lipinski definition) is 3. The standard InChI is InChI=1S/C17H26BrN3O2/c1-3-19-17(21-10-8-15(22)9-11-21)20-12-13(2)23-16-6-4-14(18)5-7-16/h4-7,13,15,22H,3,8-12H2,1-2H3,(H,19,20). The minimum Gasteiger partial charge on any atom is -0.489 e. The number of aliphatic imine (C=N–C) groups is 1. The highest BCUT2D eigenvalue weighted by molar-refractivity contribution is 9.10. The number of piperidine rings is 1. The van der Waals surface area contributed by atoms with Crippen molar-refractivity contribution < 1.29 is 9.84 Å². The molecule has 0 amide bonds. The molecule has 1 aliphatic rings. The molecule has 1 heterocycles. The van der Waals surface area contributed by atoms with Crippen molar-refractivity contribution in [3.63, 3.8) is 0 Å². The van der Waals surface area contributed by atoms with Gasteiger partial charge >= 0.3 is 0 Å². The third-order valence-corrected chi connectivity index (χ3v) is 4.28. The minimum atomic E-state index is -0.172. The van der Waals surface area contributed by atoms with E-state index in [2.05, 4.69) is 33.1 Å². The Kier molecular flexibility index (Phi) is 7.17. The number of guanidine groups is 1. The quantitative estimate of drug-likeness (QED) is 0.606. The summed E-state index contributed by atoms with van der Waals surface area (Å²) in [5.74, 6) is 1.76. The van der Waals surface area contributed by atoms with Crippen molar-refractivity contribution in [2.24, 2.45) is 4.99 Å². The molecule has 0 aliphatic carbocycles. The van der Waals surface area contributed by atoms with Crippen LogP contribution in [-0.2, 0) is 0 Å². The Balaban J connectivity index is 1.89. The normalized spacial score (nSPS) is 17.9. The first kappa shape index (κ1) is 18.1. The van der Waals surface area contributed by atoms with Gasteiger partial charge in [-0.1, -0.05) is 15.9 Å². The molecule has 6 heteroatoms. The molecule has 5 nitrogen and oxygen atoms in total. The van der Waals surface area contributed by atoms with Crippen LogP contribution in [0, 0.1) is 0 Å². The van der Waals surface area contributed by atoms with Crippen molar-refractivity contribution in [2.75, 3.05) is 26.2 Å². The Labute approximate surface area is 146 Å². The molecule has 1 aliphatic heterocycles. The summed E-state index contributed by atoms with van der Waals surface area (Å²) in [6, 6.07) is 7.83. The Hall–Kier alpha value is -1.27. The zero-order chi connectivity index (χ0) is 16.7. The van der Waals surface area contributed by atoms with Crippen LogP contribution in [0.5, 0.6) is 5.75 Å². The topological polar surface area (TPSA) is 57.1 Å². The van der Waals surface area contributed by atoms with E-state index in [1.807, 2.05) is 31.2 Å². The molecule has 1 atom stereocenters. The lowest BCUT2D eigenvalue weighted by Crippen LogP contribution is -2.47. The molecule has 1 saturated heterocycles. The molecule has 0 saturated carbocycles. The van der Waals surface area contributed by atoms with E-state index in [-0.39, 0.29) is 12.2 Å². The number of benzene rings is 1. The lowest BCUT2D eigenvalue weighted by atomic mass is 10.1. The summed E-state index contributed by atoms with van der Waals surface area (Å²) in [5.41, 5.74) is 0. The van der Waals surface area contributed by atoms with Gasteiger partial charge in [0.15, 0.2) is 5.96 Å². The summed E-state index contributed by atoms with van der Waals surface area (Å²) in [4.78, 5) is 6.90. The van der Waals surface area contributed by atoms with Crippen molar-refractivity contribution in [2.45, 2.75) is 38.9 Å². The third-order valence-electron chi connectivity index (χ3n) is 3.75. The van der Waals surface area contributed by atoms with Gasteiger partial charge in [-0.25, -0.2) is 4.99 Å². The number of aliphatic hydroxyl groups excluding tert-OH is 1. The highest BCUT2D eigenvalue weighted by atomic mass is 79.9. The van der Waals surface area contributed by atoms with E-state index in [0.717, 1.165) is 48.7 Å². The SMILES string of the molecule is CCNC(=NCC(C)Oc1ccc(Br)cc1)N1CCC(O)CC1. The van der Waals surface area contributed by atoms with E-state index in [9.17, 15) is 5.11 Å². The summed E-state index contributed by atoms with van der Waals surface area (Å²) < 4.78 is 6.93. The molecule has 0 aromatic heterocycles. The fourth-order valence-electron chi connectivity index (χ4n) is 2.50. The molecule has 0 radical (unpaired) electrons. The zero-order valence-corrected chi connectivity index (χ0v) is 15.4. The van der Waals surface area contributed by atoms with Gasteiger partial charge in [0.25, 0.3) is 0 Å². The van der Waals surface area contributed by atoms with E-state index >= 15 is 0 Å². The van der Waals surface area contributed by atoms with E-state index < -0.39 is 0 Å². The maximum absolute atomic E-state index is 9.63. The lowest BCUT2D eigenvalue weighted by molar-refractivity contribution is 0.107. The number of rotatable bonds is 5. The molecular formula is C17H26BrN3O2. The molecule has 2 N–H and O–H groups in total. The van der Waals surface area contributed by atoms with Crippen LogP contribution in [-0.4, -0.2) is 54.4 Å². The van der Waals surface area contributed by atoms with Gasteiger partial charge in [-0.05, 0) is 51.0 Å². The van der Waals surface area contributed by atoms with Crippen LogP contribution in [0.25, 0.3) is 0 Å². The van der Waals surface area contributed by atoms with E-state index in [0.29, 0.717) is 6.54 Å². The second kappa shape index (κ2) is 9.13. The van der Waals surface area contributed by atoms with Gasteiger partial charge in [-0.3, -0.25) is 0 Å². The van der Waals surface area contributed by atoms with Gasteiger partial charge in [0.1, 0.15) is 11.9 Å². The number of nitrogens with one attached hydrogen (secondary N) is 1. The molecular weight excluding hydrogens is 358 g/mol. The second-order valence-electron chi connectivity index (χ2n) is 5.80. The first-order valence-corrected chi connectivity index (χ1v) is 9.01. The van der Waals surface area contributed by atoms with Crippen molar-refractivity contribution in [3.8, 4) is 5.75 Å². The second-order valence-corrected chi connectivity index (χ2v) is 6.71. The largest absolute Gasteiger partial charge is 0.489 e. The Bertz CT molecular complexity index is 499. The van der Waals surface area contributed by atoms with Gasteiger partial charge in [0.05, 0.1) is 12.6 Å². The maximum atomic E-state index is 9.63. The van der Waals surface area contributed by atoms with Crippen LogP contribution >= 0.6 is 15.9 Å². The number of hydrogen-bond donors (Lipinski definition) is 2. The van der Waals surface area contributed by atoms with Gasteiger partial charge in [-0.15, -0.1) is 0 Å². The Morgan fingerprint density at radius 3 is 2.65 bits per heavy atom. The number of aliphatic hydroxyl groups is 1. The van der Waals surface area contributed by atoms with Crippen molar-refractivity contribution in [1.29, 1.82) is 0 Å². The van der Waals surface area contributed by atoms with Crippen LogP contribution in [0.2, 0.25) is 0 Å². The molecule has 1 unspecified atom stereocenters. The fraction of sp³-hybridized carbons (Fsp3) is 0.588. The predicted molar refractivity (Wildman–Crippen MR) is 97.0 cm³/mol. The third kappa shape index (κ3) is 6.03. The van der Waals surface area contributed by atoms with Crippen LogP contribution < -0.4 is 10.1 Å². The molecule has 1 fully saturated rings. The predicted octanol–water partition coefficient (Wildman–Crippen LogP) is 2.64. The summed E-state index contributed by atoms with van der Waals surface area (Å²) in [7, 11) is 0. The highest BCUT2D eigenvalue weighted by Gasteiger charge is 2.19. The number of nitrogens with zero attached hydrogens (tertiary/aromatic N) is 2. The average Bonchev–Trinajstić information content (AvgIpc) is 2.54.